The molecule has 1 N–H and O–H groups in total. The van der Waals surface area contributed by atoms with Crippen molar-refractivity contribution in [1.82, 2.24) is 19.7 Å². The minimum atomic E-state index is -0.870. The Morgan fingerprint density at radius 2 is 1.96 bits per heavy atom. The quantitative estimate of drug-likeness (QED) is 0.610. The zero-order valence-electron chi connectivity index (χ0n) is 12.2. The molecule has 0 bridgehead atoms. The molecule has 0 amide bonds. The molecule has 0 saturated heterocycles. The highest BCUT2D eigenvalue weighted by atomic mass is 19.2. The summed E-state index contributed by atoms with van der Waals surface area (Å²) in [6.45, 7) is 0. The van der Waals surface area contributed by atoms with E-state index in [1.54, 1.807) is 35.4 Å². The number of hydrogen-bond donors (Lipinski definition) is 1. The van der Waals surface area contributed by atoms with Gasteiger partial charge in [0.05, 0.1) is 6.20 Å². The highest BCUT2D eigenvalue weighted by molar-refractivity contribution is 6.03. The lowest BCUT2D eigenvalue weighted by molar-refractivity contribution is 0.511. The molecule has 0 aliphatic rings. The van der Waals surface area contributed by atoms with Gasteiger partial charge in [-0.1, -0.05) is 12.1 Å². The third-order valence-corrected chi connectivity index (χ3v) is 3.83. The van der Waals surface area contributed by atoms with Crippen LogP contribution in [0.3, 0.4) is 0 Å². The molecular weight excluding hydrogens is 298 g/mol. The molecule has 0 spiro atoms. The Labute approximate surface area is 130 Å². The van der Waals surface area contributed by atoms with E-state index >= 15 is 0 Å². The van der Waals surface area contributed by atoms with E-state index in [0.29, 0.717) is 11.2 Å². The van der Waals surface area contributed by atoms with Gasteiger partial charge in [0.25, 0.3) is 0 Å². The first-order chi connectivity index (χ1) is 11.1. The first-order valence-electron chi connectivity index (χ1n) is 7.04. The van der Waals surface area contributed by atoms with Crippen LogP contribution in [-0.4, -0.2) is 19.7 Å². The van der Waals surface area contributed by atoms with Gasteiger partial charge in [0.15, 0.2) is 11.6 Å². The molecule has 0 radical (unpaired) electrons. The summed E-state index contributed by atoms with van der Waals surface area (Å²) in [7, 11) is 1.82. The highest BCUT2D eigenvalue weighted by Gasteiger charge is 2.17. The second-order valence-electron chi connectivity index (χ2n) is 5.29. The minimum absolute atomic E-state index is 0.210. The zero-order valence-corrected chi connectivity index (χ0v) is 12.2. The normalized spacial score (nSPS) is 11.3. The number of aromatic nitrogens is 4. The van der Waals surface area contributed by atoms with Crippen LogP contribution in [0, 0.1) is 11.6 Å². The Balaban J connectivity index is 2.04. The number of nitrogens with zero attached hydrogens (tertiary/aromatic N) is 3. The van der Waals surface area contributed by atoms with E-state index in [1.165, 1.54) is 6.07 Å². The van der Waals surface area contributed by atoms with Crippen molar-refractivity contribution in [2.24, 2.45) is 7.05 Å². The smallest absolute Gasteiger partial charge is 0.166 e. The SMILES string of the molecule is Cn1cc(-c2c[nH]c3nccc(-c4cccc(F)c4F)c23)cn1. The lowest BCUT2D eigenvalue weighted by atomic mass is 9.99. The van der Waals surface area contributed by atoms with Crippen LogP contribution in [0.15, 0.2) is 49.1 Å². The van der Waals surface area contributed by atoms with Gasteiger partial charge in [-0.2, -0.15) is 5.10 Å². The molecule has 0 unspecified atom stereocenters. The van der Waals surface area contributed by atoms with E-state index in [9.17, 15) is 8.78 Å². The molecule has 4 aromatic rings. The number of halogens is 2. The molecule has 0 fully saturated rings. The van der Waals surface area contributed by atoms with Gasteiger partial charge in [0.2, 0.25) is 0 Å². The Morgan fingerprint density at radius 1 is 1.09 bits per heavy atom. The van der Waals surface area contributed by atoms with Gasteiger partial charge in [0.1, 0.15) is 5.65 Å². The number of H-pyrrole nitrogens is 1. The monoisotopic (exact) mass is 310 g/mol. The summed E-state index contributed by atoms with van der Waals surface area (Å²) < 4.78 is 29.5. The molecule has 3 aromatic heterocycles. The van der Waals surface area contributed by atoms with Gasteiger partial charge in [0, 0.05) is 47.7 Å². The molecule has 4 rings (SSSR count). The second kappa shape index (κ2) is 5.01. The number of hydrogen-bond acceptors (Lipinski definition) is 2. The number of benzene rings is 1. The van der Waals surface area contributed by atoms with Gasteiger partial charge >= 0.3 is 0 Å². The number of rotatable bonds is 2. The van der Waals surface area contributed by atoms with Crippen molar-refractivity contribution in [3.8, 4) is 22.3 Å². The lowest BCUT2D eigenvalue weighted by Gasteiger charge is -2.07. The van der Waals surface area contributed by atoms with Crippen LogP contribution in [0.5, 0.6) is 0 Å². The van der Waals surface area contributed by atoms with Gasteiger partial charge in [-0.3, -0.25) is 4.68 Å². The fourth-order valence-electron chi connectivity index (χ4n) is 2.78. The molecule has 0 saturated carbocycles. The van der Waals surface area contributed by atoms with E-state index < -0.39 is 11.6 Å². The molecular formula is C17H12F2N4. The van der Waals surface area contributed by atoms with E-state index in [1.807, 2.05) is 13.2 Å². The Morgan fingerprint density at radius 3 is 2.74 bits per heavy atom. The average Bonchev–Trinajstić information content (AvgIpc) is 3.16. The van der Waals surface area contributed by atoms with Crippen molar-refractivity contribution >= 4 is 11.0 Å². The number of fused-ring (bicyclic) bond motifs is 1. The maximum atomic E-state index is 14.2. The summed E-state index contributed by atoms with van der Waals surface area (Å²) in [6.07, 6.45) is 6.96. The fraction of sp³-hybridized carbons (Fsp3) is 0.0588. The number of aryl methyl sites for hydroxylation is 1. The average molecular weight is 310 g/mol. The zero-order chi connectivity index (χ0) is 16.0. The molecule has 114 valence electrons. The maximum absolute atomic E-state index is 14.2. The number of pyridine rings is 1. The number of aromatic amines is 1. The van der Waals surface area contributed by atoms with Crippen LogP contribution in [0.25, 0.3) is 33.3 Å². The largest absolute Gasteiger partial charge is 0.345 e. The molecule has 3 heterocycles. The van der Waals surface area contributed by atoms with Crippen LogP contribution >= 0.6 is 0 Å². The van der Waals surface area contributed by atoms with Crippen molar-refractivity contribution in [2.45, 2.75) is 0 Å². The summed E-state index contributed by atoms with van der Waals surface area (Å²) >= 11 is 0. The Hall–Kier alpha value is -3.02. The van der Waals surface area contributed by atoms with E-state index in [2.05, 4.69) is 15.1 Å². The van der Waals surface area contributed by atoms with E-state index in [-0.39, 0.29) is 5.56 Å². The van der Waals surface area contributed by atoms with Crippen molar-refractivity contribution in [3.05, 3.63) is 60.7 Å². The molecule has 0 aliphatic heterocycles. The minimum Gasteiger partial charge on any atom is -0.345 e. The molecule has 6 heteroatoms. The maximum Gasteiger partial charge on any atom is 0.166 e. The highest BCUT2D eigenvalue weighted by Crippen LogP contribution is 2.36. The third kappa shape index (κ3) is 2.11. The van der Waals surface area contributed by atoms with E-state index in [0.717, 1.165) is 22.6 Å². The Bertz CT molecular complexity index is 1020. The van der Waals surface area contributed by atoms with Crippen LogP contribution in [0.4, 0.5) is 8.78 Å². The standard InChI is InChI=1S/C17H12F2N4/c1-23-9-10(7-22-23)13-8-21-17-15(13)11(5-6-20-17)12-3-2-4-14(18)16(12)19/h2-9H,1H3,(H,20,21). The molecule has 0 atom stereocenters. The van der Waals surface area contributed by atoms with Crippen molar-refractivity contribution in [2.75, 3.05) is 0 Å². The van der Waals surface area contributed by atoms with Gasteiger partial charge in [-0.25, -0.2) is 13.8 Å². The predicted molar refractivity (Wildman–Crippen MR) is 83.6 cm³/mol. The van der Waals surface area contributed by atoms with Crippen LogP contribution in [0.1, 0.15) is 0 Å². The summed E-state index contributed by atoms with van der Waals surface area (Å²) in [6, 6.07) is 5.86. The molecule has 4 nitrogen and oxygen atoms in total. The lowest BCUT2D eigenvalue weighted by Crippen LogP contribution is -1.91. The summed E-state index contributed by atoms with van der Waals surface area (Å²) in [4.78, 5) is 7.35. The first-order valence-corrected chi connectivity index (χ1v) is 7.04. The topological polar surface area (TPSA) is 46.5 Å². The molecule has 1 aromatic carbocycles. The fourth-order valence-corrected chi connectivity index (χ4v) is 2.78. The third-order valence-electron chi connectivity index (χ3n) is 3.83. The number of nitrogens with one attached hydrogen (secondary N) is 1. The molecule has 23 heavy (non-hydrogen) atoms. The van der Waals surface area contributed by atoms with Gasteiger partial charge in [-0.05, 0) is 17.7 Å². The van der Waals surface area contributed by atoms with Crippen molar-refractivity contribution < 1.29 is 8.78 Å². The predicted octanol–water partition coefficient (Wildman–Crippen LogP) is 3.91. The Kier molecular flexibility index (Phi) is 2.97. The van der Waals surface area contributed by atoms with Crippen LogP contribution in [0.2, 0.25) is 0 Å². The van der Waals surface area contributed by atoms with Crippen LogP contribution in [-0.2, 0) is 7.05 Å². The van der Waals surface area contributed by atoms with Crippen molar-refractivity contribution in [1.29, 1.82) is 0 Å². The first kappa shape index (κ1) is 13.6. The second-order valence-corrected chi connectivity index (χ2v) is 5.29. The van der Waals surface area contributed by atoms with Crippen LogP contribution < -0.4 is 0 Å². The van der Waals surface area contributed by atoms with Gasteiger partial charge < -0.3 is 4.98 Å². The van der Waals surface area contributed by atoms with E-state index in [4.69, 9.17) is 0 Å². The summed E-state index contributed by atoms with van der Waals surface area (Å²) in [5.74, 6) is -1.73. The van der Waals surface area contributed by atoms with Crippen molar-refractivity contribution in [3.63, 3.8) is 0 Å². The summed E-state index contributed by atoms with van der Waals surface area (Å²) in [5.41, 5.74) is 3.14. The van der Waals surface area contributed by atoms with Gasteiger partial charge in [-0.15, -0.1) is 0 Å². The summed E-state index contributed by atoms with van der Waals surface area (Å²) in [5, 5.41) is 4.90. The molecule has 0 aliphatic carbocycles.